The minimum atomic E-state index is 0.274. The second-order valence-corrected chi connectivity index (χ2v) is 30.1. The molecule has 0 amide bonds. The number of methoxy groups -OCH3 is 1. The van der Waals surface area contributed by atoms with E-state index in [9.17, 15) is 0 Å². The van der Waals surface area contributed by atoms with Crippen LogP contribution in [-0.2, 0) is 50.4 Å². The third kappa shape index (κ3) is 46.3. The summed E-state index contributed by atoms with van der Waals surface area (Å²) in [6.45, 7) is 49.3. The van der Waals surface area contributed by atoms with Crippen molar-refractivity contribution in [2.45, 2.75) is 228 Å². The van der Waals surface area contributed by atoms with Crippen LogP contribution in [-0.4, -0.2) is 7.11 Å². The van der Waals surface area contributed by atoms with Crippen LogP contribution >= 0.6 is 0 Å². The third-order valence-corrected chi connectivity index (χ3v) is 14.8. The summed E-state index contributed by atoms with van der Waals surface area (Å²) in [6, 6.07) is 77.4. The quantitative estimate of drug-likeness (QED) is 0.0832. The van der Waals surface area contributed by atoms with E-state index in [4.69, 9.17) is 4.74 Å². The summed E-state index contributed by atoms with van der Waals surface area (Å²) in [6.07, 6.45) is 12.3. The molecule has 1 heteroatoms. The van der Waals surface area contributed by atoms with Gasteiger partial charge in [-0.25, -0.2) is 0 Å². The molecule has 0 heterocycles. The summed E-state index contributed by atoms with van der Waals surface area (Å²) in [5.74, 6) is 6.16. The zero-order chi connectivity index (χ0) is 68.2. The molecule has 0 aromatic heterocycles. The zero-order valence-electron chi connectivity index (χ0n) is 62.3. The minimum Gasteiger partial charge on any atom is -0.497 e. The molecule has 0 aliphatic heterocycles. The maximum absolute atomic E-state index is 5.07. The van der Waals surface area contributed by atoms with Gasteiger partial charge in [0, 0.05) is 0 Å². The van der Waals surface area contributed by atoms with E-state index in [0.717, 1.165) is 47.7 Å². The van der Waals surface area contributed by atoms with Crippen LogP contribution in [0.5, 0.6) is 5.75 Å². The van der Waals surface area contributed by atoms with Gasteiger partial charge >= 0.3 is 0 Å². The molecule has 8 aromatic rings. The average Bonchev–Trinajstić information content (AvgIpc) is 3.56. The summed E-state index contributed by atoms with van der Waals surface area (Å²) in [5.41, 5.74) is 16.4. The van der Waals surface area contributed by atoms with Gasteiger partial charge in [-0.15, -0.1) is 0 Å². The normalized spacial score (nSPS) is 10.8. The van der Waals surface area contributed by atoms with Crippen molar-refractivity contribution >= 4 is 0 Å². The Morgan fingerprint density at radius 1 is 0.308 bits per heavy atom. The Morgan fingerprint density at radius 2 is 0.593 bits per heavy atom. The first kappa shape index (κ1) is 82.6. The van der Waals surface area contributed by atoms with Crippen LogP contribution in [0, 0.1) is 54.8 Å². The molecular weight excluding hydrogens is 1100 g/mol. The largest absolute Gasteiger partial charge is 0.497 e. The minimum absolute atomic E-state index is 0.274. The Kier molecular flexibility index (Phi) is 43.1. The van der Waals surface area contributed by atoms with Crippen LogP contribution < -0.4 is 4.74 Å². The Balaban J connectivity index is 0.000000521. The first-order chi connectivity index (χ1) is 42.9. The lowest BCUT2D eigenvalue weighted by atomic mass is 9.86. The van der Waals surface area contributed by atoms with Gasteiger partial charge < -0.3 is 4.74 Å². The average molecular weight is 1230 g/mol. The van der Waals surface area contributed by atoms with Crippen molar-refractivity contribution in [2.24, 2.45) is 40.9 Å². The Morgan fingerprint density at radius 3 is 0.868 bits per heavy atom. The highest BCUT2D eigenvalue weighted by Crippen LogP contribution is 2.24. The first-order valence-electron chi connectivity index (χ1n) is 34.9. The fourth-order valence-corrected chi connectivity index (χ4v) is 9.73. The molecule has 0 unspecified atom stereocenters. The summed E-state index contributed by atoms with van der Waals surface area (Å²) in [7, 11) is 1.69. The highest BCUT2D eigenvalue weighted by molar-refractivity contribution is 5.29. The molecule has 0 spiro atoms. The molecule has 0 aliphatic rings. The van der Waals surface area contributed by atoms with Gasteiger partial charge in [0.2, 0.25) is 0 Å². The van der Waals surface area contributed by atoms with Gasteiger partial charge in [0.25, 0.3) is 0 Å². The molecule has 0 atom stereocenters. The highest BCUT2D eigenvalue weighted by atomic mass is 16.5. The number of hydrogen-bond acceptors (Lipinski definition) is 1. The molecule has 8 aromatic carbocycles. The molecule has 0 N–H and O–H groups in total. The summed E-state index contributed by atoms with van der Waals surface area (Å²) in [4.78, 5) is 0. The molecule has 498 valence electrons. The van der Waals surface area contributed by atoms with Crippen LogP contribution in [0.2, 0.25) is 0 Å². The second kappa shape index (κ2) is 47.4. The molecule has 0 bridgehead atoms. The highest BCUT2D eigenvalue weighted by Gasteiger charge is 2.13. The lowest BCUT2D eigenvalue weighted by Crippen LogP contribution is -2.10. The smallest absolute Gasteiger partial charge is 0.118 e. The van der Waals surface area contributed by atoms with Crippen LogP contribution in [0.1, 0.15) is 225 Å². The molecule has 0 fully saturated rings. The van der Waals surface area contributed by atoms with Crippen LogP contribution in [0.25, 0.3) is 0 Å². The van der Waals surface area contributed by atoms with Crippen LogP contribution in [0.3, 0.4) is 0 Å². The lowest BCUT2D eigenvalue weighted by molar-refractivity contribution is 0.365. The van der Waals surface area contributed by atoms with Crippen molar-refractivity contribution in [3.05, 3.63) is 280 Å². The topological polar surface area (TPSA) is 9.23 Å². The first-order valence-corrected chi connectivity index (χ1v) is 34.9. The van der Waals surface area contributed by atoms with E-state index >= 15 is 0 Å². The molecule has 0 radical (unpaired) electrons. The van der Waals surface area contributed by atoms with Gasteiger partial charge in [-0.1, -0.05) is 356 Å². The Hall–Kier alpha value is -6.44. The summed E-state index contributed by atoms with van der Waals surface area (Å²) >= 11 is 0. The third-order valence-electron chi connectivity index (χ3n) is 14.8. The molecular formula is C90H132O. The molecule has 8 rings (SSSR count). The summed E-state index contributed by atoms with van der Waals surface area (Å²) < 4.78 is 5.07. The van der Waals surface area contributed by atoms with Crippen molar-refractivity contribution in [3.8, 4) is 5.75 Å². The van der Waals surface area contributed by atoms with E-state index in [0.29, 0.717) is 11.3 Å². The summed E-state index contributed by atoms with van der Waals surface area (Å²) in [5, 5.41) is 0. The number of aryl methyl sites for hydroxylation is 4. The van der Waals surface area contributed by atoms with Crippen molar-refractivity contribution in [1.82, 2.24) is 0 Å². The number of ether oxygens (including phenoxy) is 1. The van der Waals surface area contributed by atoms with Crippen molar-refractivity contribution in [2.75, 3.05) is 7.11 Å². The van der Waals surface area contributed by atoms with E-state index in [1.807, 2.05) is 18.2 Å². The van der Waals surface area contributed by atoms with Crippen molar-refractivity contribution < 1.29 is 4.74 Å². The maximum Gasteiger partial charge on any atom is 0.118 e. The molecule has 0 saturated carbocycles. The van der Waals surface area contributed by atoms with Gasteiger partial charge in [0.05, 0.1) is 7.11 Å². The molecule has 0 aliphatic carbocycles. The standard InChI is InChI=1S/C14H22.C13H20.C11H16O.3C11H16.C10H14.C9H12/c1-11(2)10-12-6-8-13(9-7-12)14(3,4)5;1-13(2,3)11-7-10-12-8-5-4-6-9-12;1-9(2)8-10-4-6-11(12-3)7-5-10;2*1-9(2)8-11-6-4-10(3)5-7-11;1-10(2)8-9-11-6-4-3-5-7-11;1-9(2)8-10-6-4-3-5-7-10;1-8(2)9-6-4-3-5-7-9/h6-9,11H,10H2,1-5H3;4-6,8-9H,7,10-11H2,1-3H3;4-7,9H,8H2,1-3H3;2*4-7,9H,8H2,1-3H3;3-7,10H,8-9H2,1-2H3;3-7,9H,8H2,1-2H3;3-8H,1-2H3. The number of hydrogen-bond donors (Lipinski definition) is 0. The monoisotopic (exact) mass is 1230 g/mol. The van der Waals surface area contributed by atoms with E-state index in [-0.39, 0.29) is 5.41 Å². The number of benzene rings is 8. The van der Waals surface area contributed by atoms with Gasteiger partial charge in [-0.05, 0) is 193 Å². The molecule has 0 saturated heterocycles. The number of rotatable bonds is 18. The van der Waals surface area contributed by atoms with E-state index in [1.165, 1.54) is 119 Å². The van der Waals surface area contributed by atoms with E-state index < -0.39 is 0 Å². The van der Waals surface area contributed by atoms with Gasteiger partial charge in [-0.2, -0.15) is 0 Å². The molecule has 1 nitrogen and oxygen atoms in total. The van der Waals surface area contributed by atoms with Crippen LogP contribution in [0.15, 0.2) is 218 Å². The molecule has 91 heavy (non-hydrogen) atoms. The fourth-order valence-electron chi connectivity index (χ4n) is 9.73. The lowest BCUT2D eigenvalue weighted by Gasteiger charge is -2.19. The van der Waals surface area contributed by atoms with Crippen LogP contribution in [0.4, 0.5) is 0 Å². The van der Waals surface area contributed by atoms with Crippen molar-refractivity contribution in [3.63, 3.8) is 0 Å². The van der Waals surface area contributed by atoms with Crippen molar-refractivity contribution in [1.29, 1.82) is 0 Å². The Labute approximate surface area is 562 Å². The SMILES string of the molecule is CC(C)(C)CCCc1ccccc1.CC(C)CCc1ccccc1.CC(C)Cc1ccc(C(C)(C)C)cc1.CC(C)Cc1ccccc1.CC(C)c1ccccc1.COc1ccc(CC(C)C)cc1.Cc1ccc(CC(C)C)cc1.Cc1ccc(CC(C)C)cc1. The predicted octanol–water partition coefficient (Wildman–Crippen LogP) is 26.5. The second-order valence-electron chi connectivity index (χ2n) is 30.1. The van der Waals surface area contributed by atoms with Gasteiger partial charge in [0.15, 0.2) is 0 Å². The Bertz CT molecular complexity index is 2840. The predicted molar refractivity (Wildman–Crippen MR) is 409 cm³/mol. The fraction of sp³-hybridized carbons (Fsp3) is 0.467. The van der Waals surface area contributed by atoms with Gasteiger partial charge in [0.1, 0.15) is 5.75 Å². The maximum atomic E-state index is 5.07. The van der Waals surface area contributed by atoms with E-state index in [1.54, 1.807) is 7.11 Å². The zero-order valence-corrected chi connectivity index (χ0v) is 62.3. The van der Waals surface area contributed by atoms with E-state index in [2.05, 4.69) is 353 Å². The van der Waals surface area contributed by atoms with Gasteiger partial charge in [-0.3, -0.25) is 0 Å².